The minimum atomic E-state index is -0.631. The molecule has 21 heavy (non-hydrogen) atoms. The van der Waals surface area contributed by atoms with Crippen LogP contribution in [-0.2, 0) is 4.79 Å². The Kier molecular flexibility index (Phi) is 4.66. The normalized spacial score (nSPS) is 14.0. The highest BCUT2D eigenvalue weighted by Gasteiger charge is 2.19. The van der Waals surface area contributed by atoms with Crippen molar-refractivity contribution >= 4 is 17.4 Å². The molecule has 2 heterocycles. The molecular weight excluding hydrogens is 274 g/mol. The summed E-state index contributed by atoms with van der Waals surface area (Å²) in [6.45, 7) is 2.08. The first-order valence-electron chi connectivity index (χ1n) is 6.69. The predicted octanol–water partition coefficient (Wildman–Crippen LogP) is 1.29. The van der Waals surface area contributed by atoms with Gasteiger partial charge in [-0.1, -0.05) is 0 Å². The molecule has 1 amide bonds. The van der Waals surface area contributed by atoms with Gasteiger partial charge in [0.15, 0.2) is 0 Å². The molecule has 0 atom stereocenters. The molecule has 1 aromatic rings. The predicted molar refractivity (Wildman–Crippen MR) is 74.5 cm³/mol. The van der Waals surface area contributed by atoms with Gasteiger partial charge in [0.2, 0.25) is 11.6 Å². The zero-order chi connectivity index (χ0) is 15.2. The summed E-state index contributed by atoms with van der Waals surface area (Å²) in [5.74, 6) is 0.611. The van der Waals surface area contributed by atoms with Crippen molar-refractivity contribution < 1.29 is 9.72 Å². The zero-order valence-corrected chi connectivity index (χ0v) is 11.4. The Bertz CT molecular complexity index is 596. The SMILES string of the molecule is N#Cc1nc(NCCCN2CCCC2=O)ccc1[N+](=O)[O-]. The Morgan fingerprint density at radius 3 is 2.95 bits per heavy atom. The molecule has 0 aromatic carbocycles. The molecule has 0 aliphatic carbocycles. The van der Waals surface area contributed by atoms with E-state index in [1.54, 1.807) is 6.07 Å². The molecule has 2 rings (SSSR count). The Balaban J connectivity index is 1.85. The van der Waals surface area contributed by atoms with Crippen molar-refractivity contribution in [2.45, 2.75) is 19.3 Å². The number of aromatic nitrogens is 1. The van der Waals surface area contributed by atoms with Crippen LogP contribution in [0.3, 0.4) is 0 Å². The van der Waals surface area contributed by atoms with Crippen molar-refractivity contribution in [3.8, 4) is 6.07 Å². The summed E-state index contributed by atoms with van der Waals surface area (Å²) in [6, 6.07) is 4.45. The highest BCUT2D eigenvalue weighted by atomic mass is 16.6. The number of hydrogen-bond donors (Lipinski definition) is 1. The number of pyridine rings is 1. The van der Waals surface area contributed by atoms with Gasteiger partial charge in [0, 0.05) is 32.1 Å². The van der Waals surface area contributed by atoms with E-state index in [0.717, 1.165) is 19.4 Å². The van der Waals surface area contributed by atoms with Crippen LogP contribution < -0.4 is 5.32 Å². The number of nitriles is 1. The number of nitro groups is 1. The van der Waals surface area contributed by atoms with Gasteiger partial charge in [-0.2, -0.15) is 5.26 Å². The van der Waals surface area contributed by atoms with Crippen LogP contribution >= 0.6 is 0 Å². The van der Waals surface area contributed by atoms with Crippen molar-refractivity contribution in [3.05, 3.63) is 27.9 Å². The molecule has 1 N–H and O–H groups in total. The van der Waals surface area contributed by atoms with Crippen LogP contribution in [-0.4, -0.2) is 40.3 Å². The third-order valence-electron chi connectivity index (χ3n) is 3.26. The molecule has 0 spiro atoms. The van der Waals surface area contributed by atoms with Gasteiger partial charge in [-0.25, -0.2) is 4.98 Å². The van der Waals surface area contributed by atoms with Crippen LogP contribution in [0.5, 0.6) is 0 Å². The molecule has 0 unspecified atom stereocenters. The van der Waals surface area contributed by atoms with Crippen LogP contribution in [0.15, 0.2) is 12.1 Å². The molecule has 0 radical (unpaired) electrons. The summed E-state index contributed by atoms with van der Waals surface area (Å²) in [4.78, 5) is 27.2. The number of hydrogen-bond acceptors (Lipinski definition) is 6. The van der Waals surface area contributed by atoms with Crippen molar-refractivity contribution in [3.63, 3.8) is 0 Å². The van der Waals surface area contributed by atoms with Gasteiger partial charge in [-0.3, -0.25) is 14.9 Å². The van der Waals surface area contributed by atoms with E-state index in [-0.39, 0.29) is 17.3 Å². The van der Waals surface area contributed by atoms with E-state index in [4.69, 9.17) is 5.26 Å². The lowest BCUT2D eigenvalue weighted by Gasteiger charge is -2.15. The average molecular weight is 289 g/mol. The molecule has 1 aromatic heterocycles. The number of likely N-dealkylation sites (tertiary alicyclic amines) is 1. The first kappa shape index (κ1) is 14.7. The fraction of sp³-hybridized carbons (Fsp3) is 0.462. The van der Waals surface area contributed by atoms with E-state index >= 15 is 0 Å². The van der Waals surface area contributed by atoms with E-state index in [1.807, 2.05) is 4.90 Å². The summed E-state index contributed by atoms with van der Waals surface area (Å²) >= 11 is 0. The van der Waals surface area contributed by atoms with Crippen LogP contribution in [0.4, 0.5) is 11.5 Å². The van der Waals surface area contributed by atoms with Gasteiger partial charge < -0.3 is 10.2 Å². The molecule has 1 saturated heterocycles. The lowest BCUT2D eigenvalue weighted by molar-refractivity contribution is -0.385. The number of anilines is 1. The Labute approximate surface area is 121 Å². The van der Waals surface area contributed by atoms with E-state index < -0.39 is 4.92 Å². The van der Waals surface area contributed by atoms with Crippen molar-refractivity contribution in [2.75, 3.05) is 25.0 Å². The average Bonchev–Trinajstić information content (AvgIpc) is 2.88. The number of rotatable bonds is 6. The third kappa shape index (κ3) is 3.66. The second kappa shape index (κ2) is 6.65. The molecule has 0 saturated carbocycles. The van der Waals surface area contributed by atoms with Gasteiger partial charge in [-0.15, -0.1) is 0 Å². The Morgan fingerprint density at radius 2 is 2.33 bits per heavy atom. The van der Waals surface area contributed by atoms with E-state index in [2.05, 4.69) is 10.3 Å². The maximum atomic E-state index is 11.4. The summed E-state index contributed by atoms with van der Waals surface area (Å²) in [5.41, 5.74) is -0.509. The van der Waals surface area contributed by atoms with Gasteiger partial charge in [0.05, 0.1) is 4.92 Å². The summed E-state index contributed by atoms with van der Waals surface area (Å²) in [5, 5.41) is 22.5. The van der Waals surface area contributed by atoms with Crippen LogP contribution in [0.2, 0.25) is 0 Å². The van der Waals surface area contributed by atoms with Crippen LogP contribution in [0, 0.1) is 21.4 Å². The van der Waals surface area contributed by atoms with E-state index in [9.17, 15) is 14.9 Å². The minimum absolute atomic E-state index is 0.190. The fourth-order valence-electron chi connectivity index (χ4n) is 2.21. The van der Waals surface area contributed by atoms with E-state index in [1.165, 1.54) is 12.1 Å². The Morgan fingerprint density at radius 1 is 1.52 bits per heavy atom. The number of amides is 1. The number of nitrogens with zero attached hydrogens (tertiary/aromatic N) is 4. The first-order chi connectivity index (χ1) is 10.1. The van der Waals surface area contributed by atoms with Crippen LogP contribution in [0.1, 0.15) is 25.0 Å². The topological polar surface area (TPSA) is 112 Å². The number of nitrogens with one attached hydrogen (secondary N) is 1. The molecule has 1 fully saturated rings. The van der Waals surface area contributed by atoms with Gasteiger partial charge in [0.1, 0.15) is 11.9 Å². The van der Waals surface area contributed by atoms with Gasteiger partial charge >= 0.3 is 5.69 Å². The molecule has 0 bridgehead atoms. The van der Waals surface area contributed by atoms with Gasteiger partial charge in [-0.05, 0) is 18.9 Å². The van der Waals surface area contributed by atoms with Crippen molar-refractivity contribution in [1.29, 1.82) is 5.26 Å². The summed E-state index contributed by atoms with van der Waals surface area (Å²) in [7, 11) is 0. The highest BCUT2D eigenvalue weighted by Crippen LogP contribution is 2.18. The zero-order valence-electron chi connectivity index (χ0n) is 11.4. The highest BCUT2D eigenvalue weighted by molar-refractivity contribution is 5.78. The molecular formula is C13H15N5O3. The molecule has 8 nitrogen and oxygen atoms in total. The lowest BCUT2D eigenvalue weighted by atomic mass is 10.3. The Hall–Kier alpha value is -2.69. The maximum absolute atomic E-state index is 11.4. The number of carbonyl (C=O) groups excluding carboxylic acids is 1. The standard InChI is InChI=1S/C13H15N5O3/c14-9-10-11(18(20)21)4-5-12(16-10)15-6-2-8-17-7-1-3-13(17)19/h4-5H,1-3,6-8H2,(H,15,16). The van der Waals surface area contributed by atoms with Crippen LogP contribution in [0.25, 0.3) is 0 Å². The molecule has 8 heteroatoms. The fourth-order valence-corrected chi connectivity index (χ4v) is 2.21. The monoisotopic (exact) mass is 289 g/mol. The first-order valence-corrected chi connectivity index (χ1v) is 6.69. The van der Waals surface area contributed by atoms with Gasteiger partial charge in [0.25, 0.3) is 0 Å². The lowest BCUT2D eigenvalue weighted by Crippen LogP contribution is -2.27. The van der Waals surface area contributed by atoms with Crippen molar-refractivity contribution in [2.24, 2.45) is 0 Å². The molecule has 1 aliphatic heterocycles. The summed E-state index contributed by atoms with van der Waals surface area (Å²) < 4.78 is 0. The molecule has 110 valence electrons. The van der Waals surface area contributed by atoms with E-state index in [0.29, 0.717) is 25.3 Å². The molecule has 1 aliphatic rings. The quantitative estimate of drug-likeness (QED) is 0.479. The largest absolute Gasteiger partial charge is 0.370 e. The number of carbonyl (C=O) groups is 1. The van der Waals surface area contributed by atoms with Crippen molar-refractivity contribution in [1.82, 2.24) is 9.88 Å². The second-order valence-electron chi connectivity index (χ2n) is 4.70. The smallest absolute Gasteiger partial charge is 0.305 e. The third-order valence-corrected chi connectivity index (χ3v) is 3.26. The summed E-state index contributed by atoms with van der Waals surface area (Å²) in [6.07, 6.45) is 2.30. The maximum Gasteiger partial charge on any atom is 0.305 e. The minimum Gasteiger partial charge on any atom is -0.370 e. The second-order valence-corrected chi connectivity index (χ2v) is 4.70.